The maximum atomic E-state index is 11.9. The van der Waals surface area contributed by atoms with Crippen molar-refractivity contribution in [1.82, 2.24) is 15.2 Å². The van der Waals surface area contributed by atoms with E-state index in [0.29, 0.717) is 12.1 Å². The normalized spacial score (nSPS) is 21.3. The number of carbonyl (C=O) groups excluding carboxylic acids is 1. The zero-order valence-corrected chi connectivity index (χ0v) is 11.5. The van der Waals surface area contributed by atoms with Crippen LogP contribution in [0.15, 0.2) is 24.5 Å². The Morgan fingerprint density at radius 3 is 2.60 bits per heavy atom. The number of aromatic nitrogens is 1. The molecule has 1 aromatic rings. The van der Waals surface area contributed by atoms with Crippen molar-refractivity contribution in [2.24, 2.45) is 0 Å². The van der Waals surface area contributed by atoms with Crippen LogP contribution in [0, 0.1) is 0 Å². The second-order valence-electron chi connectivity index (χ2n) is 4.99. The summed E-state index contributed by atoms with van der Waals surface area (Å²) in [5.41, 5.74) is 0.598. The fraction of sp³-hybridized carbons (Fsp3) is 0.500. The molecule has 0 bridgehead atoms. The van der Waals surface area contributed by atoms with Crippen LogP contribution in [0.3, 0.4) is 0 Å². The molecule has 1 aliphatic rings. The Balaban J connectivity index is 1.79. The van der Waals surface area contributed by atoms with Gasteiger partial charge in [-0.15, -0.1) is 0 Å². The predicted molar refractivity (Wildman–Crippen MR) is 73.4 cm³/mol. The monoisotopic (exact) mass is 277 g/mol. The topological polar surface area (TPSA) is 82.5 Å². The first-order valence-corrected chi connectivity index (χ1v) is 6.77. The van der Waals surface area contributed by atoms with Gasteiger partial charge in [0, 0.05) is 30.0 Å². The molecule has 0 radical (unpaired) electrons. The van der Waals surface area contributed by atoms with Crippen LogP contribution >= 0.6 is 0 Å². The quantitative estimate of drug-likeness (QED) is 0.801. The summed E-state index contributed by atoms with van der Waals surface area (Å²) in [6.07, 6.45) is 4.78. The molecule has 0 unspecified atom stereocenters. The Morgan fingerprint density at radius 2 is 2.05 bits per heavy atom. The van der Waals surface area contributed by atoms with Crippen LogP contribution in [0.2, 0.25) is 0 Å². The van der Waals surface area contributed by atoms with E-state index in [9.17, 15) is 9.59 Å². The number of nitrogens with one attached hydrogen (secondary N) is 1. The van der Waals surface area contributed by atoms with Crippen LogP contribution in [0.5, 0.6) is 0 Å². The third-order valence-corrected chi connectivity index (χ3v) is 3.65. The molecule has 6 heteroatoms. The molecule has 108 valence electrons. The second kappa shape index (κ2) is 6.47. The second-order valence-corrected chi connectivity index (χ2v) is 4.99. The molecule has 1 saturated carbocycles. The molecule has 0 saturated heterocycles. The summed E-state index contributed by atoms with van der Waals surface area (Å²) in [5, 5.41) is 11.8. The van der Waals surface area contributed by atoms with E-state index in [4.69, 9.17) is 5.11 Å². The van der Waals surface area contributed by atoms with Gasteiger partial charge in [-0.3, -0.25) is 19.5 Å². The van der Waals surface area contributed by atoms with Crippen LogP contribution in [0.1, 0.15) is 30.1 Å². The van der Waals surface area contributed by atoms with Gasteiger partial charge < -0.3 is 10.4 Å². The van der Waals surface area contributed by atoms with Crippen molar-refractivity contribution in [1.29, 1.82) is 0 Å². The average Bonchev–Trinajstić information content (AvgIpc) is 2.40. The molecular weight excluding hydrogens is 258 g/mol. The van der Waals surface area contributed by atoms with Gasteiger partial charge in [-0.25, -0.2) is 0 Å². The highest BCUT2D eigenvalue weighted by atomic mass is 16.4. The lowest BCUT2D eigenvalue weighted by molar-refractivity contribution is -0.139. The lowest BCUT2D eigenvalue weighted by Gasteiger charge is -2.42. The summed E-state index contributed by atoms with van der Waals surface area (Å²) in [5.74, 6) is -0.909. The fourth-order valence-corrected chi connectivity index (χ4v) is 2.45. The van der Waals surface area contributed by atoms with Crippen molar-refractivity contribution >= 4 is 11.9 Å². The van der Waals surface area contributed by atoms with Gasteiger partial charge in [0.2, 0.25) is 0 Å². The standard InChI is InChI=1S/C14H19N3O3/c1-2-17(9-13(18)19)12-7-11(8-12)16-14(20)10-3-5-15-6-4-10/h3-6,11-12H,2,7-9H2,1H3,(H,16,20)(H,18,19). The summed E-state index contributed by atoms with van der Waals surface area (Å²) in [6.45, 7) is 2.72. The van der Waals surface area contributed by atoms with Crippen molar-refractivity contribution in [3.05, 3.63) is 30.1 Å². The number of hydrogen-bond acceptors (Lipinski definition) is 4. The minimum atomic E-state index is -0.809. The largest absolute Gasteiger partial charge is 0.480 e. The summed E-state index contributed by atoms with van der Waals surface area (Å²) < 4.78 is 0. The Kier molecular flexibility index (Phi) is 4.68. The minimum Gasteiger partial charge on any atom is -0.480 e. The third-order valence-electron chi connectivity index (χ3n) is 3.65. The first kappa shape index (κ1) is 14.5. The molecule has 2 rings (SSSR count). The Hall–Kier alpha value is -1.95. The number of carbonyl (C=O) groups is 2. The number of carboxylic acid groups (broad SMARTS) is 1. The van der Waals surface area contributed by atoms with Crippen LogP contribution in [-0.2, 0) is 4.79 Å². The van der Waals surface area contributed by atoms with Crippen molar-refractivity contribution in [3.63, 3.8) is 0 Å². The first-order valence-electron chi connectivity index (χ1n) is 6.77. The van der Waals surface area contributed by atoms with E-state index in [2.05, 4.69) is 10.3 Å². The molecule has 2 N–H and O–H groups in total. The molecule has 0 atom stereocenters. The van der Waals surface area contributed by atoms with E-state index in [0.717, 1.165) is 12.8 Å². The highest BCUT2D eigenvalue weighted by Crippen LogP contribution is 2.25. The highest BCUT2D eigenvalue weighted by molar-refractivity contribution is 5.94. The van der Waals surface area contributed by atoms with Crippen LogP contribution in [-0.4, -0.2) is 52.0 Å². The van der Waals surface area contributed by atoms with E-state index in [1.165, 1.54) is 0 Å². The number of aliphatic carboxylic acids is 1. The number of carboxylic acids is 1. The highest BCUT2D eigenvalue weighted by Gasteiger charge is 2.34. The lowest BCUT2D eigenvalue weighted by atomic mass is 9.85. The molecule has 1 aliphatic carbocycles. The molecule has 1 fully saturated rings. The van der Waals surface area contributed by atoms with Gasteiger partial charge in [-0.2, -0.15) is 0 Å². The zero-order chi connectivity index (χ0) is 14.5. The van der Waals surface area contributed by atoms with E-state index in [1.807, 2.05) is 11.8 Å². The molecule has 0 aliphatic heterocycles. The zero-order valence-electron chi connectivity index (χ0n) is 11.5. The van der Waals surface area contributed by atoms with E-state index >= 15 is 0 Å². The predicted octanol–water partition coefficient (Wildman–Crippen LogP) is 0.749. The van der Waals surface area contributed by atoms with Gasteiger partial charge in [0.1, 0.15) is 0 Å². The van der Waals surface area contributed by atoms with Gasteiger partial charge in [-0.1, -0.05) is 6.92 Å². The van der Waals surface area contributed by atoms with Crippen LogP contribution in [0.4, 0.5) is 0 Å². The van der Waals surface area contributed by atoms with Crippen molar-refractivity contribution < 1.29 is 14.7 Å². The number of rotatable bonds is 6. The van der Waals surface area contributed by atoms with Gasteiger partial charge in [0.05, 0.1) is 6.54 Å². The van der Waals surface area contributed by atoms with Crippen molar-refractivity contribution in [3.8, 4) is 0 Å². The molecule has 0 aromatic carbocycles. The molecule has 0 spiro atoms. The Bertz CT molecular complexity index is 472. The van der Waals surface area contributed by atoms with Gasteiger partial charge in [0.25, 0.3) is 5.91 Å². The fourth-order valence-electron chi connectivity index (χ4n) is 2.45. The molecule has 1 amide bonds. The van der Waals surface area contributed by atoms with Crippen LogP contribution in [0.25, 0.3) is 0 Å². The van der Waals surface area contributed by atoms with Gasteiger partial charge in [0.15, 0.2) is 0 Å². The molecule has 1 heterocycles. The summed E-state index contributed by atoms with van der Waals surface area (Å²) in [7, 11) is 0. The molecular formula is C14H19N3O3. The molecule has 6 nitrogen and oxygen atoms in total. The third kappa shape index (κ3) is 3.54. The number of pyridine rings is 1. The Morgan fingerprint density at radius 1 is 1.40 bits per heavy atom. The lowest BCUT2D eigenvalue weighted by Crippen LogP contribution is -2.54. The maximum absolute atomic E-state index is 11.9. The van der Waals surface area contributed by atoms with Gasteiger partial charge >= 0.3 is 5.97 Å². The van der Waals surface area contributed by atoms with Gasteiger partial charge in [-0.05, 0) is 31.5 Å². The van der Waals surface area contributed by atoms with E-state index < -0.39 is 5.97 Å². The summed E-state index contributed by atoms with van der Waals surface area (Å²) in [4.78, 5) is 28.5. The summed E-state index contributed by atoms with van der Waals surface area (Å²) in [6, 6.07) is 3.73. The maximum Gasteiger partial charge on any atom is 0.317 e. The average molecular weight is 277 g/mol. The minimum absolute atomic E-state index is 0.0617. The number of amides is 1. The number of likely N-dealkylation sites (N-methyl/N-ethyl adjacent to an activating group) is 1. The SMILES string of the molecule is CCN(CC(=O)O)C1CC(NC(=O)c2ccncc2)C1. The molecule has 20 heavy (non-hydrogen) atoms. The molecule has 1 aromatic heterocycles. The Labute approximate surface area is 117 Å². The van der Waals surface area contributed by atoms with E-state index in [1.54, 1.807) is 24.5 Å². The van der Waals surface area contributed by atoms with Crippen LogP contribution < -0.4 is 5.32 Å². The van der Waals surface area contributed by atoms with Crippen molar-refractivity contribution in [2.45, 2.75) is 31.8 Å². The number of nitrogens with zero attached hydrogens (tertiary/aromatic N) is 2. The number of hydrogen-bond donors (Lipinski definition) is 2. The summed E-state index contributed by atoms with van der Waals surface area (Å²) >= 11 is 0. The van der Waals surface area contributed by atoms with Crippen molar-refractivity contribution in [2.75, 3.05) is 13.1 Å². The first-order chi connectivity index (χ1) is 9.60. The van der Waals surface area contributed by atoms with E-state index in [-0.39, 0.29) is 24.5 Å². The smallest absolute Gasteiger partial charge is 0.317 e.